The third kappa shape index (κ3) is 4.39. The van der Waals surface area contributed by atoms with E-state index in [9.17, 15) is 10.1 Å². The van der Waals surface area contributed by atoms with Crippen LogP contribution < -0.4 is 14.8 Å². The monoisotopic (exact) mass is 334 g/mol. The van der Waals surface area contributed by atoms with Crippen LogP contribution in [0.3, 0.4) is 0 Å². The third-order valence-electron chi connectivity index (χ3n) is 3.78. The van der Waals surface area contributed by atoms with Gasteiger partial charge in [0.2, 0.25) is 0 Å². The molecule has 0 aliphatic carbocycles. The fourth-order valence-corrected chi connectivity index (χ4v) is 2.53. The molecule has 1 aliphatic rings. The lowest BCUT2D eigenvalue weighted by molar-refractivity contribution is -0.117. The van der Waals surface area contributed by atoms with E-state index in [-0.39, 0.29) is 11.5 Å². The van der Waals surface area contributed by atoms with Gasteiger partial charge in [-0.25, -0.2) is 0 Å². The average Bonchev–Trinajstić information content (AvgIpc) is 2.66. The van der Waals surface area contributed by atoms with Gasteiger partial charge in [-0.3, -0.25) is 4.79 Å². The Kier molecular flexibility index (Phi) is 5.32. The van der Waals surface area contributed by atoms with E-state index in [2.05, 4.69) is 5.32 Å². The summed E-state index contributed by atoms with van der Waals surface area (Å²) < 4.78 is 11.0. The fraction of sp³-hybridized carbons (Fsp3) is 0.200. The molecule has 0 unspecified atom stereocenters. The number of ether oxygens (including phenoxy) is 2. The predicted octanol–water partition coefficient (Wildman–Crippen LogP) is 2.72. The lowest BCUT2D eigenvalue weighted by atomic mass is 10.1. The summed E-state index contributed by atoms with van der Waals surface area (Å²) in [7, 11) is 0. The van der Waals surface area contributed by atoms with Gasteiger partial charge in [0, 0.05) is 6.54 Å². The molecule has 0 atom stereocenters. The summed E-state index contributed by atoms with van der Waals surface area (Å²) in [6.45, 7) is 1.49. The highest BCUT2D eigenvalue weighted by molar-refractivity contribution is 6.01. The molecule has 2 aromatic carbocycles. The number of carbonyl (C=O) groups is 1. The maximum absolute atomic E-state index is 12.2. The molecule has 5 nitrogen and oxygen atoms in total. The average molecular weight is 334 g/mol. The molecule has 0 aromatic heterocycles. The van der Waals surface area contributed by atoms with Gasteiger partial charge in [-0.05, 0) is 35.8 Å². The predicted molar refractivity (Wildman–Crippen MR) is 94.2 cm³/mol. The SMILES string of the molecule is N#CC(=Cc1ccc2c(c1)OCCO2)C(=O)NCCc1ccccc1. The van der Waals surface area contributed by atoms with Crippen LogP contribution in [0, 0.1) is 11.3 Å². The smallest absolute Gasteiger partial charge is 0.261 e. The van der Waals surface area contributed by atoms with Gasteiger partial charge in [0.1, 0.15) is 24.9 Å². The molecule has 2 aromatic rings. The minimum absolute atomic E-state index is 0.0599. The number of benzene rings is 2. The number of nitrogens with one attached hydrogen (secondary N) is 1. The van der Waals surface area contributed by atoms with Gasteiger partial charge in [-0.2, -0.15) is 5.26 Å². The summed E-state index contributed by atoms with van der Waals surface area (Å²) in [6.07, 6.45) is 2.27. The van der Waals surface area contributed by atoms with Crippen molar-refractivity contribution in [3.63, 3.8) is 0 Å². The van der Waals surface area contributed by atoms with Gasteiger partial charge in [0.05, 0.1) is 0 Å². The Hall–Kier alpha value is -3.26. The zero-order valence-electron chi connectivity index (χ0n) is 13.7. The molecular formula is C20H18N2O3. The van der Waals surface area contributed by atoms with Crippen LogP contribution in [0.4, 0.5) is 0 Å². The van der Waals surface area contributed by atoms with E-state index in [4.69, 9.17) is 9.47 Å². The van der Waals surface area contributed by atoms with Crippen LogP contribution in [0.25, 0.3) is 6.08 Å². The van der Waals surface area contributed by atoms with Crippen LogP contribution >= 0.6 is 0 Å². The number of nitriles is 1. The summed E-state index contributed by atoms with van der Waals surface area (Å²) in [4.78, 5) is 12.2. The molecule has 0 radical (unpaired) electrons. The number of nitrogens with zero attached hydrogens (tertiary/aromatic N) is 1. The number of carbonyl (C=O) groups excluding carboxylic acids is 1. The fourth-order valence-electron chi connectivity index (χ4n) is 2.53. The Bertz CT molecular complexity index is 823. The van der Waals surface area contributed by atoms with Crippen molar-refractivity contribution < 1.29 is 14.3 Å². The molecule has 25 heavy (non-hydrogen) atoms. The van der Waals surface area contributed by atoms with Gasteiger partial charge in [0.25, 0.3) is 5.91 Å². The first-order valence-electron chi connectivity index (χ1n) is 8.10. The molecule has 0 spiro atoms. The normalized spacial score (nSPS) is 13.0. The van der Waals surface area contributed by atoms with Gasteiger partial charge in [-0.1, -0.05) is 36.4 Å². The van der Waals surface area contributed by atoms with Gasteiger partial charge in [0.15, 0.2) is 11.5 Å². The summed E-state index contributed by atoms with van der Waals surface area (Å²) in [5.41, 5.74) is 1.92. The molecule has 1 heterocycles. The van der Waals surface area contributed by atoms with Crippen molar-refractivity contribution in [1.29, 1.82) is 5.26 Å². The second-order valence-corrected chi connectivity index (χ2v) is 5.56. The lowest BCUT2D eigenvalue weighted by Crippen LogP contribution is -2.26. The van der Waals surface area contributed by atoms with E-state index in [1.165, 1.54) is 0 Å². The molecule has 1 amide bonds. The van der Waals surface area contributed by atoms with Crippen LogP contribution in [-0.4, -0.2) is 25.7 Å². The molecule has 3 rings (SSSR count). The highest BCUT2D eigenvalue weighted by Crippen LogP contribution is 2.31. The minimum Gasteiger partial charge on any atom is -0.486 e. The van der Waals surface area contributed by atoms with Crippen LogP contribution in [0.2, 0.25) is 0 Å². The first-order valence-corrected chi connectivity index (χ1v) is 8.10. The Labute approximate surface area is 146 Å². The first-order chi connectivity index (χ1) is 12.3. The topological polar surface area (TPSA) is 71.3 Å². The Balaban J connectivity index is 1.63. The van der Waals surface area contributed by atoms with Crippen molar-refractivity contribution in [2.45, 2.75) is 6.42 Å². The Morgan fingerprint density at radius 2 is 1.88 bits per heavy atom. The van der Waals surface area contributed by atoms with Crippen LogP contribution in [0.15, 0.2) is 54.1 Å². The third-order valence-corrected chi connectivity index (χ3v) is 3.78. The highest BCUT2D eigenvalue weighted by atomic mass is 16.6. The standard InChI is InChI=1S/C20H18N2O3/c21-14-17(20(23)22-9-8-15-4-2-1-3-5-15)12-16-6-7-18-19(13-16)25-11-10-24-18/h1-7,12-13H,8-11H2,(H,22,23). The van der Waals surface area contributed by atoms with Crippen molar-refractivity contribution in [2.24, 2.45) is 0 Å². The van der Waals surface area contributed by atoms with E-state index in [0.29, 0.717) is 31.3 Å². The molecule has 5 heteroatoms. The molecule has 1 N–H and O–H groups in total. The molecule has 126 valence electrons. The van der Waals surface area contributed by atoms with Crippen molar-refractivity contribution in [3.05, 3.63) is 65.2 Å². The van der Waals surface area contributed by atoms with E-state index < -0.39 is 0 Å². The number of amides is 1. The number of rotatable bonds is 5. The second-order valence-electron chi connectivity index (χ2n) is 5.56. The maximum Gasteiger partial charge on any atom is 0.261 e. The molecule has 0 bridgehead atoms. The van der Waals surface area contributed by atoms with Crippen LogP contribution in [0.5, 0.6) is 11.5 Å². The largest absolute Gasteiger partial charge is 0.486 e. The van der Waals surface area contributed by atoms with E-state index in [1.54, 1.807) is 24.3 Å². The summed E-state index contributed by atoms with van der Waals surface area (Å²) in [5.74, 6) is 0.921. The van der Waals surface area contributed by atoms with E-state index in [1.807, 2.05) is 36.4 Å². The van der Waals surface area contributed by atoms with Crippen LogP contribution in [-0.2, 0) is 11.2 Å². The maximum atomic E-state index is 12.2. The van der Waals surface area contributed by atoms with Gasteiger partial charge in [-0.15, -0.1) is 0 Å². The second kappa shape index (κ2) is 8.02. The summed E-state index contributed by atoms with van der Waals surface area (Å²) in [5, 5.41) is 12.1. The summed E-state index contributed by atoms with van der Waals surface area (Å²) in [6, 6.07) is 17.2. The van der Waals surface area contributed by atoms with Crippen molar-refractivity contribution >= 4 is 12.0 Å². The minimum atomic E-state index is -0.381. The van der Waals surface area contributed by atoms with Crippen molar-refractivity contribution in [3.8, 4) is 17.6 Å². The molecular weight excluding hydrogens is 316 g/mol. The van der Waals surface area contributed by atoms with E-state index in [0.717, 1.165) is 17.5 Å². The Morgan fingerprint density at radius 3 is 2.64 bits per heavy atom. The molecule has 0 saturated carbocycles. The summed E-state index contributed by atoms with van der Waals surface area (Å²) >= 11 is 0. The number of hydrogen-bond donors (Lipinski definition) is 1. The highest BCUT2D eigenvalue weighted by Gasteiger charge is 2.13. The van der Waals surface area contributed by atoms with Crippen molar-refractivity contribution in [1.82, 2.24) is 5.32 Å². The zero-order chi connectivity index (χ0) is 17.5. The molecule has 0 saturated heterocycles. The van der Waals surface area contributed by atoms with Gasteiger partial charge < -0.3 is 14.8 Å². The number of fused-ring (bicyclic) bond motifs is 1. The van der Waals surface area contributed by atoms with E-state index >= 15 is 0 Å². The zero-order valence-corrected chi connectivity index (χ0v) is 13.7. The molecule has 0 fully saturated rings. The quantitative estimate of drug-likeness (QED) is 0.674. The molecule has 1 aliphatic heterocycles. The lowest BCUT2D eigenvalue weighted by Gasteiger charge is -2.18. The number of hydrogen-bond acceptors (Lipinski definition) is 4. The first kappa shape index (κ1) is 16.6. The van der Waals surface area contributed by atoms with Crippen molar-refractivity contribution in [2.75, 3.05) is 19.8 Å². The van der Waals surface area contributed by atoms with Crippen LogP contribution in [0.1, 0.15) is 11.1 Å². The van der Waals surface area contributed by atoms with Gasteiger partial charge >= 0.3 is 0 Å². The Morgan fingerprint density at radius 1 is 1.12 bits per heavy atom.